The van der Waals surface area contributed by atoms with Gasteiger partial charge in [-0.1, -0.05) is 0 Å². The first-order chi connectivity index (χ1) is 5.33. The summed E-state index contributed by atoms with van der Waals surface area (Å²) in [5, 5.41) is 0. The van der Waals surface area contributed by atoms with Gasteiger partial charge in [-0.15, -0.1) is 0 Å². The van der Waals surface area contributed by atoms with E-state index in [0.717, 1.165) is 0 Å². The Labute approximate surface area is 64.0 Å². The minimum absolute atomic E-state index is 0.0611. The lowest BCUT2D eigenvalue weighted by Crippen LogP contribution is -1.99. The Hall–Kier alpha value is -1.32. The summed E-state index contributed by atoms with van der Waals surface area (Å²) in [5.74, 6) is 0.967. The molecule has 1 aromatic heterocycles. The summed E-state index contributed by atoms with van der Waals surface area (Å²) in [4.78, 5) is 3.76. The number of halogens is 1. The smallest absolute Gasteiger partial charge is 0.137 e. The van der Waals surface area contributed by atoms with E-state index in [-0.39, 0.29) is 6.61 Å². The van der Waals surface area contributed by atoms with Gasteiger partial charge < -0.3 is 10.5 Å². The highest BCUT2D eigenvalue weighted by Crippen LogP contribution is 2.09. The van der Waals surface area contributed by atoms with Gasteiger partial charge in [0.15, 0.2) is 0 Å². The minimum Gasteiger partial charge on any atom is -0.489 e. The van der Waals surface area contributed by atoms with Gasteiger partial charge in [-0.2, -0.15) is 0 Å². The number of anilines is 1. The van der Waals surface area contributed by atoms with Crippen LogP contribution in [0.2, 0.25) is 0 Å². The molecule has 0 radical (unpaired) electrons. The molecule has 0 saturated heterocycles. The normalized spacial score (nSPS) is 9.55. The maximum Gasteiger partial charge on any atom is 0.137 e. The van der Waals surface area contributed by atoms with E-state index in [1.165, 1.54) is 6.20 Å². The van der Waals surface area contributed by atoms with Gasteiger partial charge in [0.05, 0.1) is 6.20 Å². The Kier molecular flexibility index (Phi) is 2.66. The highest BCUT2D eigenvalue weighted by Gasteiger charge is 1.92. The van der Waals surface area contributed by atoms with Gasteiger partial charge in [0, 0.05) is 0 Å². The molecule has 1 heterocycles. The third kappa shape index (κ3) is 2.41. The maximum absolute atomic E-state index is 11.6. The quantitative estimate of drug-likeness (QED) is 0.710. The van der Waals surface area contributed by atoms with Gasteiger partial charge in [0.1, 0.15) is 24.8 Å². The highest BCUT2D eigenvalue weighted by molar-refractivity contribution is 5.31. The fourth-order valence-corrected chi connectivity index (χ4v) is 0.634. The van der Waals surface area contributed by atoms with Crippen LogP contribution in [0.25, 0.3) is 0 Å². The van der Waals surface area contributed by atoms with Crippen LogP contribution in [0.1, 0.15) is 0 Å². The average molecular weight is 156 g/mol. The summed E-state index contributed by atoms with van der Waals surface area (Å²) in [6.07, 6.45) is 1.46. The summed E-state index contributed by atoms with van der Waals surface area (Å²) < 4.78 is 16.5. The van der Waals surface area contributed by atoms with Crippen LogP contribution in [0.15, 0.2) is 18.3 Å². The number of alkyl halides is 1. The average Bonchev–Trinajstić information content (AvgIpc) is 2.04. The fourth-order valence-electron chi connectivity index (χ4n) is 0.634. The summed E-state index contributed by atoms with van der Waals surface area (Å²) in [6, 6.07) is 3.26. The van der Waals surface area contributed by atoms with Crippen molar-refractivity contribution in [3.63, 3.8) is 0 Å². The first-order valence-corrected chi connectivity index (χ1v) is 3.23. The lowest BCUT2D eigenvalue weighted by atomic mass is 10.4. The second kappa shape index (κ2) is 3.75. The van der Waals surface area contributed by atoms with E-state index in [9.17, 15) is 4.39 Å². The summed E-state index contributed by atoms with van der Waals surface area (Å²) >= 11 is 0. The molecule has 1 rings (SSSR count). The third-order valence-corrected chi connectivity index (χ3v) is 1.11. The van der Waals surface area contributed by atoms with E-state index in [2.05, 4.69) is 4.98 Å². The van der Waals surface area contributed by atoms with E-state index in [1.54, 1.807) is 12.1 Å². The molecule has 0 atom stereocenters. The zero-order valence-electron chi connectivity index (χ0n) is 5.96. The molecule has 4 heteroatoms. The number of hydrogen-bond donors (Lipinski definition) is 1. The number of nitrogens with two attached hydrogens (primary N) is 1. The number of nitrogen functional groups attached to an aromatic ring is 1. The van der Waals surface area contributed by atoms with Gasteiger partial charge in [-0.25, -0.2) is 9.37 Å². The first kappa shape index (κ1) is 7.78. The molecule has 0 aliphatic rings. The molecule has 60 valence electrons. The van der Waals surface area contributed by atoms with Crippen LogP contribution in [0, 0.1) is 0 Å². The standard InChI is InChI=1S/C7H9FN2O/c8-3-4-11-6-1-2-7(9)10-5-6/h1-2,5H,3-4H2,(H2,9,10). The molecule has 0 saturated carbocycles. The largest absolute Gasteiger partial charge is 0.489 e. The van der Waals surface area contributed by atoms with Gasteiger partial charge in [0.25, 0.3) is 0 Å². The van der Waals surface area contributed by atoms with Crippen LogP contribution in [0.5, 0.6) is 5.75 Å². The lowest BCUT2D eigenvalue weighted by molar-refractivity contribution is 0.272. The summed E-state index contributed by atoms with van der Waals surface area (Å²) in [7, 11) is 0. The molecule has 0 aliphatic heterocycles. The maximum atomic E-state index is 11.6. The van der Waals surface area contributed by atoms with Crippen molar-refractivity contribution >= 4 is 5.82 Å². The monoisotopic (exact) mass is 156 g/mol. The van der Waals surface area contributed by atoms with Gasteiger partial charge >= 0.3 is 0 Å². The highest BCUT2D eigenvalue weighted by atomic mass is 19.1. The number of pyridine rings is 1. The Balaban J connectivity index is 2.52. The van der Waals surface area contributed by atoms with Crippen molar-refractivity contribution in [3.05, 3.63) is 18.3 Å². The van der Waals surface area contributed by atoms with Crippen molar-refractivity contribution in [2.24, 2.45) is 0 Å². The molecule has 0 aliphatic carbocycles. The molecule has 2 N–H and O–H groups in total. The minimum atomic E-state index is -0.496. The molecular formula is C7H9FN2O. The molecule has 0 bridgehead atoms. The number of rotatable bonds is 3. The zero-order valence-corrected chi connectivity index (χ0v) is 5.96. The number of ether oxygens (including phenoxy) is 1. The molecule has 1 aromatic rings. The molecular weight excluding hydrogens is 147 g/mol. The Morgan fingerprint density at radius 2 is 2.36 bits per heavy atom. The molecule has 3 nitrogen and oxygen atoms in total. The summed E-state index contributed by atoms with van der Waals surface area (Å²) in [6.45, 7) is -0.435. The molecule has 0 unspecified atom stereocenters. The van der Waals surface area contributed by atoms with Crippen LogP contribution in [0.3, 0.4) is 0 Å². The van der Waals surface area contributed by atoms with E-state index >= 15 is 0 Å². The molecule has 0 aromatic carbocycles. The third-order valence-electron chi connectivity index (χ3n) is 1.11. The Bertz CT molecular complexity index is 212. The van der Waals surface area contributed by atoms with Crippen molar-refractivity contribution in [2.45, 2.75) is 0 Å². The first-order valence-electron chi connectivity index (χ1n) is 3.23. The van der Waals surface area contributed by atoms with Crippen molar-refractivity contribution in [2.75, 3.05) is 19.0 Å². The molecule has 0 amide bonds. The number of hydrogen-bond acceptors (Lipinski definition) is 3. The second-order valence-electron chi connectivity index (χ2n) is 1.96. The van der Waals surface area contributed by atoms with Crippen LogP contribution < -0.4 is 10.5 Å². The van der Waals surface area contributed by atoms with E-state index < -0.39 is 6.67 Å². The predicted molar refractivity (Wildman–Crippen MR) is 40.1 cm³/mol. The Morgan fingerprint density at radius 1 is 1.55 bits per heavy atom. The van der Waals surface area contributed by atoms with E-state index in [4.69, 9.17) is 10.5 Å². The molecule has 0 fully saturated rings. The molecule has 0 spiro atoms. The van der Waals surface area contributed by atoms with Crippen molar-refractivity contribution in [3.8, 4) is 5.75 Å². The predicted octanol–water partition coefficient (Wildman–Crippen LogP) is 1.01. The lowest BCUT2D eigenvalue weighted by Gasteiger charge is -2.01. The molecule has 11 heavy (non-hydrogen) atoms. The summed E-state index contributed by atoms with van der Waals surface area (Å²) in [5.41, 5.74) is 5.31. The van der Waals surface area contributed by atoms with Crippen LogP contribution in [-0.4, -0.2) is 18.3 Å². The van der Waals surface area contributed by atoms with Crippen LogP contribution in [0.4, 0.5) is 10.2 Å². The van der Waals surface area contributed by atoms with Gasteiger partial charge in [-0.3, -0.25) is 0 Å². The number of aromatic nitrogens is 1. The van der Waals surface area contributed by atoms with Crippen molar-refractivity contribution in [1.82, 2.24) is 4.98 Å². The second-order valence-corrected chi connectivity index (χ2v) is 1.96. The fraction of sp³-hybridized carbons (Fsp3) is 0.286. The van der Waals surface area contributed by atoms with Crippen molar-refractivity contribution < 1.29 is 9.13 Å². The number of nitrogens with zero attached hydrogens (tertiary/aromatic N) is 1. The van der Waals surface area contributed by atoms with Crippen molar-refractivity contribution in [1.29, 1.82) is 0 Å². The van der Waals surface area contributed by atoms with E-state index in [0.29, 0.717) is 11.6 Å². The SMILES string of the molecule is Nc1ccc(OCCF)cn1. The van der Waals surface area contributed by atoms with Crippen LogP contribution in [-0.2, 0) is 0 Å². The van der Waals surface area contributed by atoms with Gasteiger partial charge in [0.2, 0.25) is 0 Å². The zero-order chi connectivity index (χ0) is 8.10. The Morgan fingerprint density at radius 3 is 2.91 bits per heavy atom. The van der Waals surface area contributed by atoms with Crippen LogP contribution >= 0.6 is 0 Å². The van der Waals surface area contributed by atoms with E-state index in [1.807, 2.05) is 0 Å². The topological polar surface area (TPSA) is 48.1 Å². The van der Waals surface area contributed by atoms with Gasteiger partial charge in [-0.05, 0) is 12.1 Å².